The second kappa shape index (κ2) is 6.86. The van der Waals surface area contributed by atoms with Gasteiger partial charge in [-0.2, -0.15) is 0 Å². The lowest BCUT2D eigenvalue weighted by Gasteiger charge is -2.19. The fraction of sp³-hybridized carbons (Fsp3) is 0.917. The largest absolute Gasteiger partial charge is 0.481 e. The first-order chi connectivity index (χ1) is 7.20. The van der Waals surface area contributed by atoms with Gasteiger partial charge in [0.25, 0.3) is 0 Å². The summed E-state index contributed by atoms with van der Waals surface area (Å²) in [6.07, 6.45) is 3.47. The van der Waals surface area contributed by atoms with Gasteiger partial charge in [-0.15, -0.1) is 0 Å². The highest BCUT2D eigenvalue weighted by molar-refractivity contribution is 5.67. The van der Waals surface area contributed by atoms with Crippen molar-refractivity contribution in [1.82, 2.24) is 0 Å². The summed E-state index contributed by atoms with van der Waals surface area (Å²) in [5.41, 5.74) is 5.09. The van der Waals surface area contributed by atoms with Gasteiger partial charge in [0, 0.05) is 6.04 Å². The fourth-order valence-corrected chi connectivity index (χ4v) is 1.83. The fourth-order valence-electron chi connectivity index (χ4n) is 1.83. The van der Waals surface area contributed by atoms with E-state index in [4.69, 9.17) is 10.8 Å². The van der Waals surface area contributed by atoms with Gasteiger partial charge in [0.1, 0.15) is 0 Å². The van der Waals surface area contributed by atoms with E-state index in [1.54, 1.807) is 13.8 Å². The van der Waals surface area contributed by atoms with E-state index in [2.05, 4.69) is 6.92 Å². The van der Waals surface area contributed by atoms with Crippen molar-refractivity contribution in [3.63, 3.8) is 0 Å². The van der Waals surface area contributed by atoms with Crippen molar-refractivity contribution in [1.29, 1.82) is 0 Å². The monoisotopic (exact) mass is 231 g/mol. The van der Waals surface area contributed by atoms with E-state index >= 15 is 0 Å². The van der Waals surface area contributed by atoms with Gasteiger partial charge in [-0.3, -0.25) is 4.79 Å². The topological polar surface area (TPSA) is 83.5 Å². The molecule has 0 saturated heterocycles. The van der Waals surface area contributed by atoms with Crippen molar-refractivity contribution >= 4 is 5.97 Å². The summed E-state index contributed by atoms with van der Waals surface area (Å²) in [6, 6.07) is -0.255. The first kappa shape index (κ1) is 15.4. The predicted octanol–water partition coefficient (Wildman–Crippen LogP) is 1.76. The standard InChI is InChI=1S/C12H25NO3/c1-9(5-4-6-12(2,3)16)7-10(13)8-11(14)15/h9-10,16H,4-8,13H2,1-3H3,(H,14,15). The molecule has 0 aliphatic carbocycles. The minimum atomic E-state index is -0.837. The Labute approximate surface area is 97.8 Å². The molecule has 0 aliphatic rings. The van der Waals surface area contributed by atoms with Crippen molar-refractivity contribution < 1.29 is 15.0 Å². The number of hydrogen-bond acceptors (Lipinski definition) is 3. The average molecular weight is 231 g/mol. The molecule has 4 N–H and O–H groups in total. The van der Waals surface area contributed by atoms with E-state index in [-0.39, 0.29) is 12.5 Å². The SMILES string of the molecule is CC(CCCC(C)(C)O)CC(N)CC(=O)O. The molecule has 0 aromatic heterocycles. The van der Waals surface area contributed by atoms with Crippen LogP contribution in [0.2, 0.25) is 0 Å². The highest BCUT2D eigenvalue weighted by Gasteiger charge is 2.15. The van der Waals surface area contributed by atoms with Crippen LogP contribution >= 0.6 is 0 Å². The van der Waals surface area contributed by atoms with Gasteiger partial charge >= 0.3 is 5.97 Å². The summed E-state index contributed by atoms with van der Waals surface area (Å²) in [6.45, 7) is 5.67. The minimum absolute atomic E-state index is 0.0375. The molecule has 2 unspecified atom stereocenters. The van der Waals surface area contributed by atoms with Gasteiger partial charge in [-0.1, -0.05) is 19.8 Å². The zero-order valence-corrected chi connectivity index (χ0v) is 10.6. The van der Waals surface area contributed by atoms with Gasteiger partial charge in [0.15, 0.2) is 0 Å². The molecule has 4 nitrogen and oxygen atoms in total. The maximum absolute atomic E-state index is 10.4. The zero-order chi connectivity index (χ0) is 12.8. The number of aliphatic carboxylic acids is 1. The van der Waals surface area contributed by atoms with E-state index in [0.717, 1.165) is 25.7 Å². The van der Waals surface area contributed by atoms with E-state index in [0.29, 0.717) is 5.92 Å². The Bertz CT molecular complexity index is 211. The van der Waals surface area contributed by atoms with Crippen LogP contribution in [-0.4, -0.2) is 27.8 Å². The number of carboxylic acids is 1. The Morgan fingerprint density at radius 1 is 1.44 bits per heavy atom. The number of aliphatic hydroxyl groups is 1. The molecule has 0 aromatic rings. The second-order valence-corrected chi connectivity index (χ2v) is 5.40. The summed E-state index contributed by atoms with van der Waals surface area (Å²) in [4.78, 5) is 10.4. The Hall–Kier alpha value is -0.610. The van der Waals surface area contributed by atoms with Gasteiger partial charge < -0.3 is 15.9 Å². The first-order valence-corrected chi connectivity index (χ1v) is 5.90. The third-order valence-electron chi connectivity index (χ3n) is 2.63. The predicted molar refractivity (Wildman–Crippen MR) is 64.2 cm³/mol. The lowest BCUT2D eigenvalue weighted by atomic mass is 9.92. The minimum Gasteiger partial charge on any atom is -0.481 e. The van der Waals surface area contributed by atoms with Crippen LogP contribution < -0.4 is 5.73 Å². The number of carbonyl (C=O) groups is 1. The Morgan fingerprint density at radius 3 is 2.44 bits per heavy atom. The maximum Gasteiger partial charge on any atom is 0.304 e. The van der Waals surface area contributed by atoms with Crippen LogP contribution in [0.15, 0.2) is 0 Å². The summed E-state index contributed by atoms with van der Waals surface area (Å²) in [7, 11) is 0. The molecule has 2 atom stereocenters. The van der Waals surface area contributed by atoms with Crippen molar-refractivity contribution in [2.24, 2.45) is 11.7 Å². The van der Waals surface area contributed by atoms with Crippen molar-refractivity contribution in [2.75, 3.05) is 0 Å². The summed E-state index contributed by atoms with van der Waals surface area (Å²) in [5.74, 6) is -0.423. The molecular weight excluding hydrogens is 206 g/mol. The molecule has 0 amide bonds. The van der Waals surface area contributed by atoms with Crippen LogP contribution in [0.4, 0.5) is 0 Å². The maximum atomic E-state index is 10.4. The van der Waals surface area contributed by atoms with E-state index in [1.165, 1.54) is 0 Å². The van der Waals surface area contributed by atoms with Gasteiger partial charge in [0.2, 0.25) is 0 Å². The summed E-state index contributed by atoms with van der Waals surface area (Å²) >= 11 is 0. The molecule has 96 valence electrons. The van der Waals surface area contributed by atoms with Crippen LogP contribution in [0, 0.1) is 5.92 Å². The highest BCUT2D eigenvalue weighted by Crippen LogP contribution is 2.18. The second-order valence-electron chi connectivity index (χ2n) is 5.40. The summed E-state index contributed by atoms with van der Waals surface area (Å²) in [5, 5.41) is 18.1. The number of rotatable bonds is 8. The van der Waals surface area contributed by atoms with Crippen molar-refractivity contribution in [3.8, 4) is 0 Å². The normalized spacial score (nSPS) is 15.8. The van der Waals surface area contributed by atoms with E-state index in [1.807, 2.05) is 0 Å². The average Bonchev–Trinajstić information content (AvgIpc) is 1.98. The Kier molecular flexibility index (Phi) is 6.60. The molecular formula is C12H25NO3. The van der Waals surface area contributed by atoms with Crippen LogP contribution in [0.5, 0.6) is 0 Å². The van der Waals surface area contributed by atoms with Gasteiger partial charge in [-0.05, 0) is 32.6 Å². The smallest absolute Gasteiger partial charge is 0.304 e. The molecule has 0 heterocycles. The molecule has 0 aromatic carbocycles. The molecule has 0 aliphatic heterocycles. The van der Waals surface area contributed by atoms with E-state index < -0.39 is 11.6 Å². The van der Waals surface area contributed by atoms with Crippen LogP contribution in [0.3, 0.4) is 0 Å². The number of hydrogen-bond donors (Lipinski definition) is 3. The molecule has 0 rings (SSSR count). The molecule has 16 heavy (non-hydrogen) atoms. The van der Waals surface area contributed by atoms with Crippen LogP contribution in [0.25, 0.3) is 0 Å². The zero-order valence-electron chi connectivity index (χ0n) is 10.6. The van der Waals surface area contributed by atoms with Crippen molar-refractivity contribution in [2.45, 2.75) is 64.5 Å². The Morgan fingerprint density at radius 2 is 2.00 bits per heavy atom. The van der Waals surface area contributed by atoms with E-state index in [9.17, 15) is 9.90 Å². The molecule has 4 heteroatoms. The molecule has 0 spiro atoms. The lowest BCUT2D eigenvalue weighted by molar-refractivity contribution is -0.137. The van der Waals surface area contributed by atoms with Gasteiger partial charge in [0.05, 0.1) is 12.0 Å². The molecule has 0 radical (unpaired) electrons. The third-order valence-corrected chi connectivity index (χ3v) is 2.63. The summed E-state index contributed by atoms with van der Waals surface area (Å²) < 4.78 is 0. The first-order valence-electron chi connectivity index (χ1n) is 5.90. The highest BCUT2D eigenvalue weighted by atomic mass is 16.4. The van der Waals surface area contributed by atoms with Crippen LogP contribution in [-0.2, 0) is 4.79 Å². The quantitative estimate of drug-likeness (QED) is 0.594. The molecule has 0 saturated carbocycles. The molecule has 0 bridgehead atoms. The van der Waals surface area contributed by atoms with Crippen molar-refractivity contribution in [3.05, 3.63) is 0 Å². The van der Waals surface area contributed by atoms with Crippen LogP contribution in [0.1, 0.15) is 52.9 Å². The molecule has 0 fully saturated rings. The third kappa shape index (κ3) is 9.93. The lowest BCUT2D eigenvalue weighted by Crippen LogP contribution is -2.26. The number of nitrogens with two attached hydrogens (primary N) is 1. The number of carboxylic acid groups (broad SMARTS) is 1. The Balaban J connectivity index is 3.66. The van der Waals surface area contributed by atoms with Gasteiger partial charge in [-0.25, -0.2) is 0 Å².